The van der Waals surface area contributed by atoms with Gasteiger partial charge in [-0.25, -0.2) is 4.79 Å². The number of carboxylic acids is 1. The van der Waals surface area contributed by atoms with Gasteiger partial charge in [-0.1, -0.05) is 20.3 Å². The summed E-state index contributed by atoms with van der Waals surface area (Å²) in [5.74, 6) is -1.56. The van der Waals surface area contributed by atoms with Crippen LogP contribution in [0.2, 0.25) is 0 Å². The molecule has 0 radical (unpaired) electrons. The molecule has 21 heavy (non-hydrogen) atoms. The fourth-order valence-electron chi connectivity index (χ4n) is 2.66. The Kier molecular flexibility index (Phi) is 6.45. The predicted molar refractivity (Wildman–Crippen MR) is 77.5 cm³/mol. The van der Waals surface area contributed by atoms with Crippen molar-refractivity contribution >= 4 is 17.9 Å². The lowest BCUT2D eigenvalue weighted by atomic mass is 9.86. The van der Waals surface area contributed by atoms with Gasteiger partial charge >= 0.3 is 12.0 Å². The molecule has 7 nitrogen and oxygen atoms in total. The third-order valence-electron chi connectivity index (χ3n) is 3.57. The Balaban J connectivity index is 2.59. The Morgan fingerprint density at radius 2 is 2.00 bits per heavy atom. The van der Waals surface area contributed by atoms with E-state index in [9.17, 15) is 14.4 Å². The van der Waals surface area contributed by atoms with Crippen molar-refractivity contribution in [2.24, 2.45) is 17.6 Å². The van der Waals surface area contributed by atoms with E-state index in [0.717, 1.165) is 12.8 Å². The topological polar surface area (TPSA) is 113 Å². The standard InChI is InChI=1S/C14H25N3O4/c1-9(2)7-17(8-12(15)18)14(21)16-11-5-3-4-10(6-11)13(19)20/h9-11H,3-8H2,1-2H3,(H2,15,18)(H,16,21)(H,19,20). The summed E-state index contributed by atoms with van der Waals surface area (Å²) >= 11 is 0. The fraction of sp³-hybridized carbons (Fsp3) is 0.786. The van der Waals surface area contributed by atoms with Crippen molar-refractivity contribution < 1.29 is 19.5 Å². The minimum Gasteiger partial charge on any atom is -0.481 e. The van der Waals surface area contributed by atoms with Crippen molar-refractivity contribution in [2.45, 2.75) is 45.6 Å². The second-order valence-corrected chi connectivity index (χ2v) is 6.09. The summed E-state index contributed by atoms with van der Waals surface area (Å²) in [7, 11) is 0. The molecule has 120 valence electrons. The Morgan fingerprint density at radius 3 is 2.52 bits per heavy atom. The van der Waals surface area contributed by atoms with Gasteiger partial charge in [0.1, 0.15) is 6.54 Å². The minimum atomic E-state index is -0.815. The van der Waals surface area contributed by atoms with Crippen LogP contribution in [0, 0.1) is 11.8 Å². The Labute approximate surface area is 124 Å². The number of hydrogen-bond acceptors (Lipinski definition) is 3. The van der Waals surface area contributed by atoms with E-state index in [1.165, 1.54) is 4.90 Å². The van der Waals surface area contributed by atoms with Crippen LogP contribution in [0.5, 0.6) is 0 Å². The van der Waals surface area contributed by atoms with Crippen LogP contribution in [-0.2, 0) is 9.59 Å². The number of urea groups is 1. The first-order chi connectivity index (χ1) is 9.79. The molecule has 0 saturated heterocycles. The van der Waals surface area contributed by atoms with Crippen LogP contribution in [-0.4, -0.2) is 47.0 Å². The van der Waals surface area contributed by atoms with E-state index in [0.29, 0.717) is 19.4 Å². The molecule has 1 rings (SSSR count). The Morgan fingerprint density at radius 1 is 1.33 bits per heavy atom. The quantitative estimate of drug-likeness (QED) is 0.672. The molecule has 1 saturated carbocycles. The predicted octanol–water partition coefficient (Wildman–Crippen LogP) is 0.783. The number of rotatable bonds is 6. The van der Waals surface area contributed by atoms with Gasteiger partial charge < -0.3 is 21.1 Å². The number of nitrogens with two attached hydrogens (primary N) is 1. The molecule has 0 bridgehead atoms. The molecule has 1 aliphatic carbocycles. The molecule has 0 heterocycles. The molecule has 0 aromatic heterocycles. The van der Waals surface area contributed by atoms with E-state index >= 15 is 0 Å². The van der Waals surface area contributed by atoms with Crippen LogP contribution in [0.15, 0.2) is 0 Å². The van der Waals surface area contributed by atoms with Crippen molar-refractivity contribution in [1.82, 2.24) is 10.2 Å². The SMILES string of the molecule is CC(C)CN(CC(N)=O)C(=O)NC1CCCC(C(=O)O)C1. The van der Waals surface area contributed by atoms with Crippen molar-refractivity contribution in [1.29, 1.82) is 0 Å². The lowest BCUT2D eigenvalue weighted by Crippen LogP contribution is -2.50. The third kappa shape index (κ3) is 6.01. The highest BCUT2D eigenvalue weighted by Crippen LogP contribution is 2.24. The van der Waals surface area contributed by atoms with Gasteiger partial charge in [0, 0.05) is 12.6 Å². The summed E-state index contributed by atoms with van der Waals surface area (Å²) in [5.41, 5.74) is 5.16. The molecule has 1 aliphatic rings. The zero-order chi connectivity index (χ0) is 16.0. The van der Waals surface area contributed by atoms with Gasteiger partial charge in [-0.2, -0.15) is 0 Å². The number of amides is 3. The van der Waals surface area contributed by atoms with Gasteiger partial charge in [0.2, 0.25) is 5.91 Å². The molecule has 0 aromatic carbocycles. The van der Waals surface area contributed by atoms with Crippen LogP contribution in [0.4, 0.5) is 4.79 Å². The number of aliphatic carboxylic acids is 1. The van der Waals surface area contributed by atoms with E-state index < -0.39 is 17.8 Å². The summed E-state index contributed by atoms with van der Waals surface area (Å²) in [6.45, 7) is 4.20. The maximum atomic E-state index is 12.2. The van der Waals surface area contributed by atoms with Crippen LogP contribution >= 0.6 is 0 Å². The first-order valence-electron chi connectivity index (χ1n) is 7.36. The monoisotopic (exact) mass is 299 g/mol. The van der Waals surface area contributed by atoms with Crippen molar-refractivity contribution in [3.05, 3.63) is 0 Å². The molecule has 0 spiro atoms. The van der Waals surface area contributed by atoms with Crippen molar-refractivity contribution in [3.63, 3.8) is 0 Å². The summed E-state index contributed by atoms with van der Waals surface area (Å²) < 4.78 is 0. The molecule has 0 aromatic rings. The molecule has 2 unspecified atom stereocenters. The third-order valence-corrected chi connectivity index (χ3v) is 3.57. The van der Waals surface area contributed by atoms with Gasteiger partial charge in [0.25, 0.3) is 0 Å². The smallest absolute Gasteiger partial charge is 0.318 e. The molecule has 2 atom stereocenters. The summed E-state index contributed by atoms with van der Waals surface area (Å²) in [6.07, 6.45) is 2.63. The molecule has 0 aliphatic heterocycles. The number of carboxylic acid groups (broad SMARTS) is 1. The first kappa shape index (κ1) is 17.3. The van der Waals surface area contributed by atoms with Crippen molar-refractivity contribution in [3.8, 4) is 0 Å². The molecule has 1 fully saturated rings. The maximum Gasteiger partial charge on any atom is 0.318 e. The number of carbonyl (C=O) groups excluding carboxylic acids is 2. The Hall–Kier alpha value is -1.79. The van der Waals surface area contributed by atoms with Gasteiger partial charge in [-0.3, -0.25) is 9.59 Å². The highest BCUT2D eigenvalue weighted by molar-refractivity contribution is 5.83. The number of primary amides is 1. The zero-order valence-corrected chi connectivity index (χ0v) is 12.7. The molecule has 3 amide bonds. The van der Waals surface area contributed by atoms with E-state index in [1.807, 2.05) is 13.8 Å². The normalized spacial score (nSPS) is 21.9. The number of carbonyl (C=O) groups is 3. The maximum absolute atomic E-state index is 12.2. The highest BCUT2D eigenvalue weighted by atomic mass is 16.4. The van der Waals surface area contributed by atoms with Crippen LogP contribution in [0.3, 0.4) is 0 Å². The van der Waals surface area contributed by atoms with E-state index in [2.05, 4.69) is 5.32 Å². The lowest BCUT2D eigenvalue weighted by Gasteiger charge is -2.30. The minimum absolute atomic E-state index is 0.126. The van der Waals surface area contributed by atoms with Crippen LogP contribution in [0.25, 0.3) is 0 Å². The highest BCUT2D eigenvalue weighted by Gasteiger charge is 2.29. The second-order valence-electron chi connectivity index (χ2n) is 6.09. The number of nitrogens with one attached hydrogen (secondary N) is 1. The van der Waals surface area contributed by atoms with E-state index in [-0.39, 0.29) is 24.5 Å². The van der Waals surface area contributed by atoms with Crippen molar-refractivity contribution in [2.75, 3.05) is 13.1 Å². The van der Waals surface area contributed by atoms with Gasteiger partial charge in [-0.05, 0) is 25.2 Å². The van der Waals surface area contributed by atoms with Gasteiger partial charge in [0.05, 0.1) is 5.92 Å². The molecule has 7 heteroatoms. The van der Waals surface area contributed by atoms with Gasteiger partial charge in [0.15, 0.2) is 0 Å². The summed E-state index contributed by atoms with van der Waals surface area (Å²) in [4.78, 5) is 35.7. The first-order valence-corrected chi connectivity index (χ1v) is 7.36. The van der Waals surface area contributed by atoms with E-state index in [4.69, 9.17) is 10.8 Å². The number of hydrogen-bond donors (Lipinski definition) is 3. The van der Waals surface area contributed by atoms with Crippen LogP contribution < -0.4 is 11.1 Å². The average molecular weight is 299 g/mol. The molecular formula is C14H25N3O4. The molecule has 4 N–H and O–H groups in total. The fourth-order valence-corrected chi connectivity index (χ4v) is 2.66. The summed E-state index contributed by atoms with van der Waals surface area (Å²) in [6, 6.07) is -0.506. The van der Waals surface area contributed by atoms with E-state index in [1.54, 1.807) is 0 Å². The number of nitrogens with zero attached hydrogens (tertiary/aromatic N) is 1. The Bertz CT molecular complexity index is 398. The summed E-state index contributed by atoms with van der Waals surface area (Å²) in [5, 5.41) is 11.9. The second kappa shape index (κ2) is 7.85. The average Bonchev–Trinajstić information content (AvgIpc) is 2.37. The lowest BCUT2D eigenvalue weighted by molar-refractivity contribution is -0.143. The largest absolute Gasteiger partial charge is 0.481 e. The molecular weight excluding hydrogens is 274 g/mol. The van der Waals surface area contributed by atoms with Gasteiger partial charge in [-0.15, -0.1) is 0 Å². The van der Waals surface area contributed by atoms with Crippen LogP contribution in [0.1, 0.15) is 39.5 Å². The zero-order valence-electron chi connectivity index (χ0n) is 12.7.